The highest BCUT2D eigenvalue weighted by Crippen LogP contribution is 2.36. The number of carbonyl (C=O) groups is 2. The zero-order valence-electron chi connectivity index (χ0n) is 19.4. The lowest BCUT2D eigenvalue weighted by molar-refractivity contribution is 0.0734. The van der Waals surface area contributed by atoms with Crippen LogP contribution in [0.4, 0.5) is 0 Å². The Balaban J connectivity index is 1.40. The number of carbonyl (C=O) groups excluding carboxylic acids is 2. The number of benzene rings is 3. The van der Waals surface area contributed by atoms with Gasteiger partial charge >= 0.3 is 5.97 Å². The predicted molar refractivity (Wildman–Crippen MR) is 129 cm³/mol. The highest BCUT2D eigenvalue weighted by molar-refractivity contribution is 6.14. The predicted octanol–water partition coefficient (Wildman–Crippen LogP) is 5.98. The molecule has 0 fully saturated rings. The first-order valence-electron chi connectivity index (χ1n) is 11.1. The Labute approximate surface area is 201 Å². The number of esters is 1. The molecule has 0 spiro atoms. The molecule has 1 aliphatic rings. The van der Waals surface area contributed by atoms with Crippen molar-refractivity contribution < 1.29 is 33.0 Å². The molecule has 0 amide bonds. The molecule has 0 N–H and O–H groups in total. The van der Waals surface area contributed by atoms with Gasteiger partial charge in [-0.15, -0.1) is 0 Å². The van der Waals surface area contributed by atoms with E-state index in [2.05, 4.69) is 0 Å². The number of allylic oxidation sites excluding steroid dienone is 1. The molecule has 176 valence electrons. The van der Waals surface area contributed by atoms with Crippen LogP contribution in [0, 0.1) is 6.92 Å². The van der Waals surface area contributed by atoms with Gasteiger partial charge < -0.3 is 23.4 Å². The van der Waals surface area contributed by atoms with Gasteiger partial charge in [-0.25, -0.2) is 4.79 Å². The van der Waals surface area contributed by atoms with Gasteiger partial charge in [0.25, 0.3) is 0 Å². The summed E-state index contributed by atoms with van der Waals surface area (Å²) in [4.78, 5) is 25.9. The summed E-state index contributed by atoms with van der Waals surface area (Å²) >= 11 is 0. The lowest BCUT2D eigenvalue weighted by Gasteiger charge is -2.06. The molecule has 7 nitrogen and oxygen atoms in total. The normalized spacial score (nSPS) is 13.6. The Morgan fingerprint density at radius 2 is 1.83 bits per heavy atom. The second-order valence-electron chi connectivity index (χ2n) is 7.89. The fraction of sp³-hybridized carbons (Fsp3) is 0.143. The zero-order chi connectivity index (χ0) is 24.5. The molecule has 0 bridgehead atoms. The number of hydrogen-bond donors (Lipinski definition) is 0. The summed E-state index contributed by atoms with van der Waals surface area (Å²) in [6, 6.07) is 17.3. The van der Waals surface area contributed by atoms with Crippen LogP contribution in [-0.2, 0) is 0 Å². The largest absolute Gasteiger partial charge is 0.497 e. The van der Waals surface area contributed by atoms with Crippen molar-refractivity contribution in [3.63, 3.8) is 0 Å². The van der Waals surface area contributed by atoms with Crippen LogP contribution in [0.25, 0.3) is 17.0 Å². The van der Waals surface area contributed by atoms with Crippen molar-refractivity contribution in [2.45, 2.75) is 13.8 Å². The monoisotopic (exact) mass is 470 g/mol. The molecule has 5 rings (SSSR count). The van der Waals surface area contributed by atoms with Crippen molar-refractivity contribution in [3.05, 3.63) is 88.9 Å². The Bertz CT molecular complexity index is 1490. The van der Waals surface area contributed by atoms with Gasteiger partial charge in [-0.2, -0.15) is 0 Å². The SMILES string of the molecule is CCOc1ccc2oc(C)c(C(=O)Oc3ccc4c(c3)O/C(=C\c3cccc(OC)c3)C4=O)c2c1. The number of Topliss-reactive ketones (excluding diaryl/α,β-unsaturated/α-hetero) is 1. The van der Waals surface area contributed by atoms with E-state index in [1.807, 2.05) is 25.1 Å². The third-order valence-corrected chi connectivity index (χ3v) is 5.59. The number of methoxy groups -OCH3 is 1. The Kier molecular flexibility index (Phi) is 5.74. The number of aryl methyl sites for hydroxylation is 1. The second kappa shape index (κ2) is 9.02. The third kappa shape index (κ3) is 4.24. The van der Waals surface area contributed by atoms with Crippen LogP contribution in [0.3, 0.4) is 0 Å². The van der Waals surface area contributed by atoms with Crippen molar-refractivity contribution in [2.24, 2.45) is 0 Å². The minimum atomic E-state index is -0.577. The van der Waals surface area contributed by atoms with Crippen LogP contribution in [0.5, 0.6) is 23.0 Å². The van der Waals surface area contributed by atoms with Crippen LogP contribution >= 0.6 is 0 Å². The summed E-state index contributed by atoms with van der Waals surface area (Å²) in [5, 5.41) is 0.606. The minimum absolute atomic E-state index is 0.178. The molecule has 2 heterocycles. The van der Waals surface area contributed by atoms with E-state index in [0.29, 0.717) is 51.7 Å². The summed E-state index contributed by atoms with van der Waals surface area (Å²) in [6.07, 6.45) is 1.65. The van der Waals surface area contributed by atoms with Gasteiger partial charge in [-0.1, -0.05) is 12.1 Å². The van der Waals surface area contributed by atoms with Gasteiger partial charge in [0.15, 0.2) is 5.76 Å². The summed E-state index contributed by atoms with van der Waals surface area (Å²) in [5.74, 6) is 1.67. The fourth-order valence-corrected chi connectivity index (χ4v) is 3.98. The van der Waals surface area contributed by atoms with E-state index in [4.69, 9.17) is 23.4 Å². The van der Waals surface area contributed by atoms with E-state index in [0.717, 1.165) is 5.56 Å². The Hall–Kier alpha value is -4.52. The molecule has 7 heteroatoms. The molecule has 0 saturated heterocycles. The van der Waals surface area contributed by atoms with Crippen LogP contribution in [-0.4, -0.2) is 25.5 Å². The molecule has 1 aliphatic heterocycles. The summed E-state index contributed by atoms with van der Waals surface area (Å²) < 4.78 is 27.9. The van der Waals surface area contributed by atoms with Gasteiger partial charge in [0.2, 0.25) is 5.78 Å². The van der Waals surface area contributed by atoms with E-state index in [1.54, 1.807) is 56.5 Å². The van der Waals surface area contributed by atoms with Crippen LogP contribution in [0.15, 0.2) is 70.8 Å². The van der Waals surface area contributed by atoms with Crippen molar-refractivity contribution >= 4 is 28.8 Å². The number of fused-ring (bicyclic) bond motifs is 2. The fourth-order valence-electron chi connectivity index (χ4n) is 3.98. The Morgan fingerprint density at radius 1 is 1.00 bits per heavy atom. The highest BCUT2D eigenvalue weighted by Gasteiger charge is 2.29. The maximum atomic E-state index is 13.1. The number of ether oxygens (including phenoxy) is 4. The molecule has 4 aromatic rings. The van der Waals surface area contributed by atoms with Gasteiger partial charge in [0, 0.05) is 11.5 Å². The first-order chi connectivity index (χ1) is 17.0. The van der Waals surface area contributed by atoms with Crippen molar-refractivity contribution in [2.75, 3.05) is 13.7 Å². The topological polar surface area (TPSA) is 84.2 Å². The maximum absolute atomic E-state index is 13.1. The van der Waals surface area contributed by atoms with Gasteiger partial charge in [-0.3, -0.25) is 4.79 Å². The molecule has 0 atom stereocenters. The van der Waals surface area contributed by atoms with Crippen molar-refractivity contribution in [1.29, 1.82) is 0 Å². The minimum Gasteiger partial charge on any atom is -0.497 e. The van der Waals surface area contributed by atoms with Crippen LogP contribution in [0.2, 0.25) is 0 Å². The third-order valence-electron chi connectivity index (χ3n) is 5.59. The van der Waals surface area contributed by atoms with Crippen molar-refractivity contribution in [3.8, 4) is 23.0 Å². The van der Waals surface area contributed by atoms with E-state index in [1.165, 1.54) is 6.07 Å². The zero-order valence-corrected chi connectivity index (χ0v) is 19.4. The summed E-state index contributed by atoms with van der Waals surface area (Å²) in [7, 11) is 1.58. The molecule has 0 radical (unpaired) electrons. The molecule has 35 heavy (non-hydrogen) atoms. The van der Waals surface area contributed by atoms with Crippen LogP contribution in [0.1, 0.15) is 39.0 Å². The number of hydrogen-bond acceptors (Lipinski definition) is 7. The van der Waals surface area contributed by atoms with E-state index in [9.17, 15) is 9.59 Å². The second-order valence-corrected chi connectivity index (χ2v) is 7.89. The van der Waals surface area contributed by atoms with Gasteiger partial charge in [0.1, 0.15) is 39.9 Å². The first kappa shape index (κ1) is 22.3. The first-order valence-corrected chi connectivity index (χ1v) is 11.1. The summed E-state index contributed by atoms with van der Waals surface area (Å²) in [6.45, 7) is 4.10. The molecule has 0 saturated carbocycles. The smallest absolute Gasteiger partial charge is 0.347 e. The quantitative estimate of drug-likeness (QED) is 0.195. The van der Waals surface area contributed by atoms with Crippen LogP contribution < -0.4 is 18.9 Å². The van der Waals surface area contributed by atoms with E-state index >= 15 is 0 Å². The Morgan fingerprint density at radius 3 is 2.63 bits per heavy atom. The van der Waals surface area contributed by atoms with Gasteiger partial charge in [-0.05, 0) is 68.0 Å². The number of furan rings is 1. The molecule has 0 unspecified atom stereocenters. The molecule has 3 aromatic carbocycles. The average Bonchev–Trinajstić information content (AvgIpc) is 3.34. The maximum Gasteiger partial charge on any atom is 0.347 e. The number of rotatable bonds is 6. The highest BCUT2D eigenvalue weighted by atomic mass is 16.5. The lowest BCUT2D eigenvalue weighted by Crippen LogP contribution is -2.09. The summed E-state index contributed by atoms with van der Waals surface area (Å²) in [5.41, 5.74) is 2.04. The van der Waals surface area contributed by atoms with Gasteiger partial charge in [0.05, 0.1) is 19.3 Å². The number of ketones is 1. The average molecular weight is 470 g/mol. The van der Waals surface area contributed by atoms with E-state index < -0.39 is 5.97 Å². The molecule has 0 aliphatic carbocycles. The molecular formula is C28H22O7. The molecule has 1 aromatic heterocycles. The molecular weight excluding hydrogens is 448 g/mol. The lowest BCUT2D eigenvalue weighted by atomic mass is 10.1. The standard InChI is InChI=1S/C28H22O7/c1-4-32-19-9-11-23-22(14-19)26(16(2)33-23)28(30)34-20-8-10-21-24(15-20)35-25(27(21)29)13-17-6-5-7-18(12-17)31-3/h5-15H,4H2,1-3H3/b25-13-. The van der Waals surface area contributed by atoms with Crippen molar-refractivity contribution in [1.82, 2.24) is 0 Å². The van der Waals surface area contributed by atoms with E-state index in [-0.39, 0.29) is 17.3 Å².